The molecule has 0 fully saturated rings. The molecular weight excluding hydrogens is 180 g/mol. The smallest absolute Gasteiger partial charge is 0.00981 e. The van der Waals surface area contributed by atoms with Crippen molar-refractivity contribution in [2.45, 2.75) is 52.9 Å². The summed E-state index contributed by atoms with van der Waals surface area (Å²) in [5, 5.41) is 0. The molecule has 1 aromatic rings. The molecule has 0 heteroatoms. The minimum absolute atomic E-state index is 0.367. The van der Waals surface area contributed by atoms with E-state index < -0.39 is 0 Å². The van der Waals surface area contributed by atoms with Gasteiger partial charge in [0.15, 0.2) is 0 Å². The number of hydrogen-bond acceptors (Lipinski definition) is 0. The third-order valence-corrected chi connectivity index (χ3v) is 3.88. The van der Waals surface area contributed by atoms with Gasteiger partial charge in [0.05, 0.1) is 0 Å². The molecule has 0 bridgehead atoms. The van der Waals surface area contributed by atoms with Gasteiger partial charge in [0.2, 0.25) is 0 Å². The van der Waals surface area contributed by atoms with Crippen molar-refractivity contribution in [3.05, 3.63) is 34.4 Å². The van der Waals surface area contributed by atoms with Crippen LogP contribution >= 0.6 is 0 Å². The fourth-order valence-electron chi connectivity index (χ4n) is 3.10. The molecular formula is C15H22. The van der Waals surface area contributed by atoms with Crippen LogP contribution in [0.5, 0.6) is 0 Å². The maximum absolute atomic E-state index is 2.41. The molecule has 0 aromatic heterocycles. The summed E-state index contributed by atoms with van der Waals surface area (Å²) in [6, 6.07) is 4.82. The molecule has 0 radical (unpaired) electrons. The van der Waals surface area contributed by atoms with Gasteiger partial charge in [-0.25, -0.2) is 0 Å². The topological polar surface area (TPSA) is 0 Å². The Kier molecular flexibility index (Phi) is 2.41. The molecule has 0 nitrogen and oxygen atoms in total. The molecule has 1 aliphatic carbocycles. The largest absolute Gasteiger partial charge is 0.0622 e. The van der Waals surface area contributed by atoms with Crippen molar-refractivity contribution in [2.24, 2.45) is 5.92 Å². The zero-order valence-electron chi connectivity index (χ0n) is 10.6. The van der Waals surface area contributed by atoms with Crippen LogP contribution < -0.4 is 0 Å². The average Bonchev–Trinajstić information content (AvgIpc) is 2.07. The molecule has 0 spiro atoms. The minimum atomic E-state index is 0.367. The molecule has 0 amide bonds. The van der Waals surface area contributed by atoms with Crippen LogP contribution in [0.2, 0.25) is 0 Å². The SMILES string of the molecule is Cc1cc2c(cc1C)C(C)(C)CC(C)C2. The zero-order chi connectivity index (χ0) is 11.2. The molecule has 1 atom stereocenters. The maximum Gasteiger partial charge on any atom is -0.00981 e. The summed E-state index contributed by atoms with van der Waals surface area (Å²) in [6.45, 7) is 11.6. The van der Waals surface area contributed by atoms with Gasteiger partial charge in [-0.1, -0.05) is 32.9 Å². The lowest BCUT2D eigenvalue weighted by Gasteiger charge is -2.37. The number of aryl methyl sites for hydroxylation is 2. The Morgan fingerprint density at radius 1 is 1.13 bits per heavy atom. The predicted molar refractivity (Wildman–Crippen MR) is 66.4 cm³/mol. The molecule has 15 heavy (non-hydrogen) atoms. The highest BCUT2D eigenvalue weighted by Crippen LogP contribution is 2.40. The van der Waals surface area contributed by atoms with E-state index in [0.717, 1.165) is 5.92 Å². The number of fused-ring (bicyclic) bond motifs is 1. The van der Waals surface area contributed by atoms with Gasteiger partial charge >= 0.3 is 0 Å². The van der Waals surface area contributed by atoms with E-state index >= 15 is 0 Å². The van der Waals surface area contributed by atoms with Crippen molar-refractivity contribution < 1.29 is 0 Å². The van der Waals surface area contributed by atoms with Crippen LogP contribution in [-0.2, 0) is 11.8 Å². The van der Waals surface area contributed by atoms with E-state index in [9.17, 15) is 0 Å². The third kappa shape index (κ3) is 1.82. The van der Waals surface area contributed by atoms with Gasteiger partial charge in [-0.15, -0.1) is 0 Å². The summed E-state index contributed by atoms with van der Waals surface area (Å²) in [4.78, 5) is 0. The number of hydrogen-bond donors (Lipinski definition) is 0. The monoisotopic (exact) mass is 202 g/mol. The normalized spacial score (nSPS) is 23.7. The molecule has 0 aliphatic heterocycles. The van der Waals surface area contributed by atoms with E-state index in [-0.39, 0.29) is 0 Å². The van der Waals surface area contributed by atoms with Crippen LogP contribution in [0.4, 0.5) is 0 Å². The highest BCUT2D eigenvalue weighted by molar-refractivity contribution is 5.42. The first-order chi connectivity index (χ1) is 6.90. The van der Waals surface area contributed by atoms with Gasteiger partial charge in [-0.05, 0) is 60.3 Å². The third-order valence-electron chi connectivity index (χ3n) is 3.88. The van der Waals surface area contributed by atoms with Crippen LogP contribution in [-0.4, -0.2) is 0 Å². The highest BCUT2D eigenvalue weighted by Gasteiger charge is 2.31. The highest BCUT2D eigenvalue weighted by atomic mass is 14.4. The summed E-state index contributed by atoms with van der Waals surface area (Å²) in [7, 11) is 0. The Morgan fingerprint density at radius 2 is 1.73 bits per heavy atom. The first-order valence-electron chi connectivity index (χ1n) is 6.01. The molecule has 0 saturated heterocycles. The number of benzene rings is 1. The quantitative estimate of drug-likeness (QED) is 0.592. The van der Waals surface area contributed by atoms with Crippen molar-refractivity contribution in [3.63, 3.8) is 0 Å². The van der Waals surface area contributed by atoms with Crippen molar-refractivity contribution in [2.75, 3.05) is 0 Å². The second-order valence-electron chi connectivity index (χ2n) is 5.99. The summed E-state index contributed by atoms with van der Waals surface area (Å²) < 4.78 is 0. The van der Waals surface area contributed by atoms with Gasteiger partial charge < -0.3 is 0 Å². The molecule has 82 valence electrons. The Hall–Kier alpha value is -0.780. The molecule has 0 N–H and O–H groups in total. The van der Waals surface area contributed by atoms with Crippen molar-refractivity contribution in [1.82, 2.24) is 0 Å². The van der Waals surface area contributed by atoms with Crippen molar-refractivity contribution in [3.8, 4) is 0 Å². The summed E-state index contributed by atoms with van der Waals surface area (Å²) in [5.74, 6) is 0.828. The van der Waals surface area contributed by atoms with Gasteiger partial charge in [-0.3, -0.25) is 0 Å². The lowest BCUT2D eigenvalue weighted by atomic mass is 9.68. The Labute approximate surface area is 93.7 Å². The molecule has 1 unspecified atom stereocenters. The second kappa shape index (κ2) is 3.37. The summed E-state index contributed by atoms with van der Waals surface area (Å²) >= 11 is 0. The van der Waals surface area contributed by atoms with Crippen LogP contribution in [0.15, 0.2) is 12.1 Å². The van der Waals surface area contributed by atoms with Crippen molar-refractivity contribution in [1.29, 1.82) is 0 Å². The first-order valence-corrected chi connectivity index (χ1v) is 6.01. The van der Waals surface area contributed by atoms with E-state index in [2.05, 4.69) is 46.8 Å². The molecule has 0 saturated carbocycles. The van der Waals surface area contributed by atoms with Gasteiger partial charge in [0.1, 0.15) is 0 Å². The Bertz CT molecular complexity index is 385. The standard InChI is InChI=1S/C15H22/c1-10-6-13-7-11(2)12(3)8-14(13)15(4,5)9-10/h7-8,10H,6,9H2,1-5H3. The van der Waals surface area contributed by atoms with Crippen LogP contribution in [0.25, 0.3) is 0 Å². The lowest BCUT2D eigenvalue weighted by molar-refractivity contribution is 0.348. The lowest BCUT2D eigenvalue weighted by Crippen LogP contribution is -2.28. The molecule has 0 heterocycles. The fraction of sp³-hybridized carbons (Fsp3) is 0.600. The zero-order valence-corrected chi connectivity index (χ0v) is 10.6. The molecule has 2 rings (SSSR count). The summed E-state index contributed by atoms with van der Waals surface area (Å²) in [6.07, 6.45) is 2.59. The maximum atomic E-state index is 2.41. The predicted octanol–water partition coefficient (Wildman–Crippen LogP) is 4.16. The molecule has 1 aromatic carbocycles. The number of rotatable bonds is 0. The van der Waals surface area contributed by atoms with Crippen LogP contribution in [0, 0.1) is 19.8 Å². The van der Waals surface area contributed by atoms with Crippen LogP contribution in [0.3, 0.4) is 0 Å². The molecule has 1 aliphatic rings. The van der Waals surface area contributed by atoms with E-state index in [4.69, 9.17) is 0 Å². The van der Waals surface area contributed by atoms with Crippen LogP contribution in [0.1, 0.15) is 49.4 Å². The van der Waals surface area contributed by atoms with E-state index in [1.54, 1.807) is 11.1 Å². The Morgan fingerprint density at radius 3 is 2.40 bits per heavy atom. The van der Waals surface area contributed by atoms with E-state index in [0.29, 0.717) is 5.41 Å². The average molecular weight is 202 g/mol. The van der Waals surface area contributed by atoms with Crippen molar-refractivity contribution >= 4 is 0 Å². The van der Waals surface area contributed by atoms with E-state index in [1.165, 1.54) is 24.0 Å². The van der Waals surface area contributed by atoms with Gasteiger partial charge in [0, 0.05) is 0 Å². The van der Waals surface area contributed by atoms with Gasteiger partial charge in [-0.2, -0.15) is 0 Å². The van der Waals surface area contributed by atoms with Gasteiger partial charge in [0.25, 0.3) is 0 Å². The minimum Gasteiger partial charge on any atom is -0.0622 e. The first kappa shape index (κ1) is 10.7. The summed E-state index contributed by atoms with van der Waals surface area (Å²) in [5.41, 5.74) is 6.42. The second-order valence-corrected chi connectivity index (χ2v) is 5.99. The fourth-order valence-corrected chi connectivity index (χ4v) is 3.10. The Balaban J connectivity index is 2.58. The van der Waals surface area contributed by atoms with E-state index in [1.807, 2.05) is 0 Å².